The molecule has 3 heterocycles. The molecule has 0 aliphatic carbocycles. The first-order valence-electron chi connectivity index (χ1n) is 7.96. The van der Waals surface area contributed by atoms with Gasteiger partial charge >= 0.3 is 12.6 Å². The predicted molar refractivity (Wildman–Crippen MR) is 101 cm³/mol. The van der Waals surface area contributed by atoms with Crippen molar-refractivity contribution >= 4 is 46.3 Å². The number of pyridine rings is 1. The highest BCUT2D eigenvalue weighted by atomic mass is 35.5. The fourth-order valence-corrected chi connectivity index (χ4v) is 2.89. The van der Waals surface area contributed by atoms with Crippen molar-refractivity contribution in [2.45, 2.75) is 26.4 Å². The number of halogens is 4. The van der Waals surface area contributed by atoms with Crippen LogP contribution in [0.5, 0.6) is 5.88 Å². The number of nitrogens with one attached hydrogen (secondary N) is 2. The first-order valence-corrected chi connectivity index (χ1v) is 8.72. The molecule has 0 saturated heterocycles. The smallest absolute Gasteiger partial charge is 0.388 e. The molecule has 8 nitrogen and oxygen atoms in total. The van der Waals surface area contributed by atoms with Gasteiger partial charge in [-0.3, -0.25) is 0 Å². The van der Waals surface area contributed by atoms with Crippen LogP contribution in [0, 0.1) is 0 Å². The Labute approximate surface area is 167 Å². The minimum Gasteiger partial charge on any atom is -0.415 e. The van der Waals surface area contributed by atoms with Gasteiger partial charge in [0, 0.05) is 11.8 Å². The van der Waals surface area contributed by atoms with Crippen LogP contribution in [-0.4, -0.2) is 32.2 Å². The topological polar surface area (TPSA) is 93.4 Å². The van der Waals surface area contributed by atoms with Crippen LogP contribution in [0.25, 0.3) is 5.65 Å². The molecule has 0 saturated carbocycles. The van der Waals surface area contributed by atoms with Crippen molar-refractivity contribution in [3.05, 3.63) is 40.4 Å². The van der Waals surface area contributed by atoms with Crippen LogP contribution in [-0.2, 0) is 0 Å². The van der Waals surface area contributed by atoms with Crippen LogP contribution in [0.3, 0.4) is 0 Å². The van der Waals surface area contributed by atoms with Crippen LogP contribution >= 0.6 is 23.2 Å². The molecule has 3 aromatic rings. The van der Waals surface area contributed by atoms with Crippen LogP contribution in [0.4, 0.5) is 25.0 Å². The summed E-state index contributed by atoms with van der Waals surface area (Å²) in [6.45, 7) is 0.717. The van der Waals surface area contributed by atoms with Crippen molar-refractivity contribution < 1.29 is 18.3 Å². The highest BCUT2D eigenvalue weighted by molar-refractivity contribution is 6.31. The molecule has 3 aromatic heterocycles. The molecule has 148 valence electrons. The normalized spacial score (nSPS) is 11.3. The molecule has 0 fully saturated rings. The first-order chi connectivity index (χ1) is 13.2. The highest BCUT2D eigenvalue weighted by Crippen LogP contribution is 2.30. The summed E-state index contributed by atoms with van der Waals surface area (Å²) in [5.41, 5.74) is 1.46. The van der Waals surface area contributed by atoms with Gasteiger partial charge in [-0.05, 0) is 12.0 Å². The number of hydrogen-bond donors (Lipinski definition) is 2. The molecule has 28 heavy (non-hydrogen) atoms. The summed E-state index contributed by atoms with van der Waals surface area (Å²) in [5.74, 6) is -0.489. The quantitative estimate of drug-likeness (QED) is 0.606. The maximum atomic E-state index is 12.5. The first kappa shape index (κ1) is 20.0. The SMILES string of the molecule is CC(C)c1c(NC(=O)Nc2cc(Cl)cnc2OC(F)F)cnn2cc(Cl)nc12. The number of anilines is 2. The molecule has 0 spiro atoms. The standard InChI is InChI=1S/C16H14Cl2F2N6O2/c1-7(2)12-10(5-22-26-6-11(18)25-13(12)26)24-16(27)23-9-3-8(17)4-21-14(9)28-15(19)20/h3-7,15H,1-2H3,(H2,23,24,27). The van der Waals surface area contributed by atoms with E-state index in [1.54, 1.807) is 0 Å². The fraction of sp³-hybridized carbons (Fsp3) is 0.250. The molecule has 0 aliphatic heterocycles. The summed E-state index contributed by atoms with van der Waals surface area (Å²) < 4.78 is 30.8. The zero-order chi connectivity index (χ0) is 20.4. The minimum absolute atomic E-state index is 0.0233. The molecule has 0 aromatic carbocycles. The van der Waals surface area contributed by atoms with Gasteiger partial charge in [0.1, 0.15) is 10.8 Å². The summed E-state index contributed by atoms with van der Waals surface area (Å²) in [6.07, 6.45) is 4.10. The van der Waals surface area contributed by atoms with E-state index >= 15 is 0 Å². The van der Waals surface area contributed by atoms with Gasteiger partial charge in [-0.2, -0.15) is 13.9 Å². The third kappa shape index (κ3) is 4.39. The second-order valence-corrected chi connectivity index (χ2v) is 6.75. The maximum absolute atomic E-state index is 12.5. The number of carbonyl (C=O) groups excluding carboxylic acids is 1. The summed E-state index contributed by atoms with van der Waals surface area (Å²) in [4.78, 5) is 20.3. The van der Waals surface area contributed by atoms with E-state index in [0.717, 1.165) is 6.20 Å². The highest BCUT2D eigenvalue weighted by Gasteiger charge is 2.19. The Kier molecular flexibility index (Phi) is 5.80. The van der Waals surface area contributed by atoms with Gasteiger partial charge in [0.25, 0.3) is 0 Å². The van der Waals surface area contributed by atoms with Crippen molar-refractivity contribution in [1.29, 1.82) is 0 Å². The van der Waals surface area contributed by atoms with E-state index < -0.39 is 18.5 Å². The van der Waals surface area contributed by atoms with Gasteiger partial charge in [0.15, 0.2) is 5.65 Å². The van der Waals surface area contributed by atoms with Gasteiger partial charge < -0.3 is 15.4 Å². The third-order valence-electron chi connectivity index (χ3n) is 3.59. The minimum atomic E-state index is -3.11. The second-order valence-electron chi connectivity index (χ2n) is 5.92. The average molecular weight is 431 g/mol. The number of alkyl halides is 2. The Hall–Kier alpha value is -2.72. The van der Waals surface area contributed by atoms with E-state index in [2.05, 4.69) is 30.4 Å². The molecule has 0 atom stereocenters. The number of fused-ring (bicyclic) bond motifs is 1. The molecular formula is C16H14Cl2F2N6O2. The molecule has 0 radical (unpaired) electrons. The molecule has 2 N–H and O–H groups in total. The molecule has 0 bridgehead atoms. The lowest BCUT2D eigenvalue weighted by Gasteiger charge is -2.15. The van der Waals surface area contributed by atoms with Crippen molar-refractivity contribution in [2.75, 3.05) is 10.6 Å². The number of ether oxygens (including phenoxy) is 1. The van der Waals surface area contributed by atoms with E-state index in [-0.39, 0.29) is 21.8 Å². The number of amides is 2. The Balaban J connectivity index is 1.88. The zero-order valence-electron chi connectivity index (χ0n) is 14.6. The largest absolute Gasteiger partial charge is 0.415 e. The lowest BCUT2D eigenvalue weighted by atomic mass is 10.0. The van der Waals surface area contributed by atoms with Crippen LogP contribution in [0.1, 0.15) is 25.3 Å². The van der Waals surface area contributed by atoms with Crippen molar-refractivity contribution in [2.24, 2.45) is 0 Å². The molecular weight excluding hydrogens is 417 g/mol. The summed E-state index contributed by atoms with van der Waals surface area (Å²) in [5, 5.41) is 9.55. The van der Waals surface area contributed by atoms with E-state index in [9.17, 15) is 13.6 Å². The Bertz CT molecular complexity index is 1030. The maximum Gasteiger partial charge on any atom is 0.388 e. The van der Waals surface area contributed by atoms with Crippen molar-refractivity contribution in [3.8, 4) is 5.88 Å². The number of rotatable bonds is 5. The number of urea groups is 1. The average Bonchev–Trinajstić information content (AvgIpc) is 2.96. The van der Waals surface area contributed by atoms with Gasteiger partial charge in [-0.1, -0.05) is 37.0 Å². The van der Waals surface area contributed by atoms with E-state index in [1.165, 1.54) is 23.0 Å². The van der Waals surface area contributed by atoms with Crippen LogP contribution in [0.15, 0.2) is 24.7 Å². The number of aromatic nitrogens is 4. The van der Waals surface area contributed by atoms with E-state index in [0.29, 0.717) is 16.9 Å². The number of carbonyl (C=O) groups is 1. The zero-order valence-corrected chi connectivity index (χ0v) is 16.1. The molecule has 0 aliphatic rings. The Morgan fingerprint density at radius 3 is 2.61 bits per heavy atom. The van der Waals surface area contributed by atoms with Gasteiger partial charge in [0.2, 0.25) is 5.88 Å². The van der Waals surface area contributed by atoms with Crippen LogP contribution in [0.2, 0.25) is 10.2 Å². The third-order valence-corrected chi connectivity index (χ3v) is 3.98. The Morgan fingerprint density at radius 2 is 1.93 bits per heavy atom. The van der Waals surface area contributed by atoms with E-state index in [1.807, 2.05) is 13.8 Å². The monoisotopic (exact) mass is 430 g/mol. The molecule has 2 amide bonds. The lowest BCUT2D eigenvalue weighted by Crippen LogP contribution is -2.22. The summed E-state index contributed by atoms with van der Waals surface area (Å²) >= 11 is 11.8. The fourth-order valence-electron chi connectivity index (χ4n) is 2.56. The number of hydrogen-bond acceptors (Lipinski definition) is 5. The van der Waals surface area contributed by atoms with Gasteiger partial charge in [0.05, 0.1) is 23.1 Å². The predicted octanol–water partition coefficient (Wildman–Crippen LogP) is 4.80. The van der Waals surface area contributed by atoms with Gasteiger partial charge in [-0.15, -0.1) is 0 Å². The van der Waals surface area contributed by atoms with Crippen LogP contribution < -0.4 is 15.4 Å². The summed E-state index contributed by atoms with van der Waals surface area (Å²) in [6, 6.07) is 0.513. The second kappa shape index (κ2) is 8.11. The van der Waals surface area contributed by atoms with Gasteiger partial charge in [-0.25, -0.2) is 19.3 Å². The molecule has 0 unspecified atom stereocenters. The lowest BCUT2D eigenvalue weighted by molar-refractivity contribution is -0.0523. The Morgan fingerprint density at radius 1 is 1.21 bits per heavy atom. The molecule has 12 heteroatoms. The van der Waals surface area contributed by atoms with E-state index in [4.69, 9.17) is 23.2 Å². The number of nitrogens with zero attached hydrogens (tertiary/aromatic N) is 4. The molecule has 3 rings (SSSR count). The van der Waals surface area contributed by atoms with Crippen molar-refractivity contribution in [1.82, 2.24) is 19.6 Å². The summed E-state index contributed by atoms with van der Waals surface area (Å²) in [7, 11) is 0. The number of imidazole rings is 1. The van der Waals surface area contributed by atoms with Crippen molar-refractivity contribution in [3.63, 3.8) is 0 Å².